The van der Waals surface area contributed by atoms with Crippen molar-refractivity contribution in [1.29, 1.82) is 0 Å². The predicted molar refractivity (Wildman–Crippen MR) is 79.1 cm³/mol. The van der Waals surface area contributed by atoms with Gasteiger partial charge in [-0.2, -0.15) is 0 Å². The zero-order chi connectivity index (χ0) is 15.6. The van der Waals surface area contributed by atoms with Crippen molar-refractivity contribution in [3.8, 4) is 0 Å². The molecule has 0 atom stereocenters. The lowest BCUT2D eigenvalue weighted by Crippen LogP contribution is -2.13. The maximum absolute atomic E-state index is 12.3. The van der Waals surface area contributed by atoms with Crippen LogP contribution in [0.2, 0.25) is 0 Å². The molecule has 21 heavy (non-hydrogen) atoms. The van der Waals surface area contributed by atoms with E-state index in [1.165, 1.54) is 10.8 Å². The molecule has 0 amide bonds. The molecule has 6 nitrogen and oxygen atoms in total. The highest BCUT2D eigenvalue weighted by Crippen LogP contribution is 2.21. The SMILES string of the molecule is CCn1cc(S(=O)(=O)Nc2ccccc2C)cc1C(=O)O. The standard InChI is InChI=1S/C14H16N2O4S/c1-3-16-9-11(8-13(16)14(17)18)21(19,20)15-12-7-5-4-6-10(12)2/h4-9,15H,3H2,1-2H3,(H,17,18). The van der Waals surface area contributed by atoms with Gasteiger partial charge in [0, 0.05) is 12.7 Å². The second kappa shape index (κ2) is 5.61. The van der Waals surface area contributed by atoms with Crippen LogP contribution in [0.5, 0.6) is 0 Å². The zero-order valence-corrected chi connectivity index (χ0v) is 12.5. The van der Waals surface area contributed by atoms with Gasteiger partial charge in [-0.3, -0.25) is 4.72 Å². The number of carbonyl (C=O) groups is 1. The van der Waals surface area contributed by atoms with Gasteiger partial charge in [-0.1, -0.05) is 18.2 Å². The first-order valence-corrected chi connectivity index (χ1v) is 7.85. The molecule has 0 spiro atoms. The summed E-state index contributed by atoms with van der Waals surface area (Å²) in [4.78, 5) is 11.0. The maximum Gasteiger partial charge on any atom is 0.352 e. The van der Waals surface area contributed by atoms with Crippen molar-refractivity contribution in [3.63, 3.8) is 0 Å². The van der Waals surface area contributed by atoms with Gasteiger partial charge in [0.1, 0.15) is 10.6 Å². The van der Waals surface area contributed by atoms with Crippen molar-refractivity contribution >= 4 is 21.7 Å². The van der Waals surface area contributed by atoms with Crippen LogP contribution in [0.3, 0.4) is 0 Å². The fourth-order valence-corrected chi connectivity index (χ4v) is 3.13. The number of rotatable bonds is 5. The summed E-state index contributed by atoms with van der Waals surface area (Å²) in [6, 6.07) is 8.14. The van der Waals surface area contributed by atoms with E-state index in [1.54, 1.807) is 32.0 Å². The second-order valence-electron chi connectivity index (χ2n) is 4.57. The van der Waals surface area contributed by atoms with Crippen molar-refractivity contribution < 1.29 is 18.3 Å². The minimum absolute atomic E-state index is 0.0531. The number of hydrogen-bond acceptors (Lipinski definition) is 3. The summed E-state index contributed by atoms with van der Waals surface area (Å²) in [6.45, 7) is 3.91. The monoisotopic (exact) mass is 308 g/mol. The van der Waals surface area contributed by atoms with Gasteiger partial charge in [0.25, 0.3) is 10.0 Å². The van der Waals surface area contributed by atoms with Crippen molar-refractivity contribution in [2.24, 2.45) is 0 Å². The molecule has 1 aromatic carbocycles. The molecule has 0 aliphatic carbocycles. The molecule has 0 radical (unpaired) electrons. The number of aromatic carboxylic acids is 1. The number of sulfonamides is 1. The van der Waals surface area contributed by atoms with Crippen LogP contribution in [-0.2, 0) is 16.6 Å². The minimum Gasteiger partial charge on any atom is -0.477 e. The maximum atomic E-state index is 12.3. The van der Waals surface area contributed by atoms with E-state index in [9.17, 15) is 13.2 Å². The predicted octanol–water partition coefficient (Wildman–Crippen LogP) is 2.32. The number of nitrogens with zero attached hydrogens (tertiary/aromatic N) is 1. The minimum atomic E-state index is -3.82. The van der Waals surface area contributed by atoms with E-state index in [2.05, 4.69) is 4.72 Å². The van der Waals surface area contributed by atoms with Crippen LogP contribution in [0.25, 0.3) is 0 Å². The molecule has 1 aromatic heterocycles. The number of aryl methyl sites for hydroxylation is 2. The lowest BCUT2D eigenvalue weighted by molar-refractivity contribution is 0.0685. The Morgan fingerprint density at radius 3 is 2.52 bits per heavy atom. The number of para-hydroxylation sites is 1. The number of anilines is 1. The molecule has 0 aliphatic heterocycles. The third-order valence-corrected chi connectivity index (χ3v) is 4.46. The molecule has 0 unspecified atom stereocenters. The Bertz CT molecular complexity index is 778. The van der Waals surface area contributed by atoms with E-state index < -0.39 is 16.0 Å². The number of aromatic nitrogens is 1. The number of hydrogen-bond donors (Lipinski definition) is 2. The average molecular weight is 308 g/mol. The van der Waals surface area contributed by atoms with E-state index in [-0.39, 0.29) is 10.6 Å². The fraction of sp³-hybridized carbons (Fsp3) is 0.214. The van der Waals surface area contributed by atoms with Crippen molar-refractivity contribution in [3.05, 3.63) is 47.8 Å². The van der Waals surface area contributed by atoms with Crippen molar-refractivity contribution in [2.45, 2.75) is 25.3 Å². The molecule has 2 aromatic rings. The van der Waals surface area contributed by atoms with Gasteiger partial charge >= 0.3 is 5.97 Å². The highest BCUT2D eigenvalue weighted by molar-refractivity contribution is 7.92. The van der Waals surface area contributed by atoms with Crippen LogP contribution in [-0.4, -0.2) is 24.1 Å². The number of benzene rings is 1. The fourth-order valence-electron chi connectivity index (χ4n) is 1.96. The summed E-state index contributed by atoms with van der Waals surface area (Å²) in [5.74, 6) is -1.16. The van der Waals surface area contributed by atoms with Gasteiger partial charge < -0.3 is 9.67 Å². The molecular formula is C14H16N2O4S. The first kappa shape index (κ1) is 15.1. The van der Waals surface area contributed by atoms with Gasteiger partial charge in [0.05, 0.1) is 5.69 Å². The molecule has 0 bridgehead atoms. The quantitative estimate of drug-likeness (QED) is 0.887. The van der Waals surface area contributed by atoms with Crippen LogP contribution < -0.4 is 4.72 Å². The largest absolute Gasteiger partial charge is 0.477 e. The first-order chi connectivity index (χ1) is 9.85. The van der Waals surface area contributed by atoms with Gasteiger partial charge in [-0.05, 0) is 31.5 Å². The molecule has 0 fully saturated rings. The Labute approximate surface area is 123 Å². The summed E-state index contributed by atoms with van der Waals surface area (Å²) in [5, 5.41) is 9.07. The van der Waals surface area contributed by atoms with E-state index in [1.807, 2.05) is 6.07 Å². The Morgan fingerprint density at radius 1 is 1.33 bits per heavy atom. The lowest BCUT2D eigenvalue weighted by atomic mass is 10.2. The third kappa shape index (κ3) is 3.08. The highest BCUT2D eigenvalue weighted by Gasteiger charge is 2.21. The Hall–Kier alpha value is -2.28. The normalized spacial score (nSPS) is 11.3. The van der Waals surface area contributed by atoms with Crippen LogP contribution in [0.15, 0.2) is 41.4 Å². The first-order valence-electron chi connectivity index (χ1n) is 6.37. The zero-order valence-electron chi connectivity index (χ0n) is 11.7. The molecule has 2 rings (SSSR count). The van der Waals surface area contributed by atoms with Crippen molar-refractivity contribution in [2.75, 3.05) is 4.72 Å². The van der Waals surface area contributed by atoms with Crippen LogP contribution in [0, 0.1) is 6.92 Å². The summed E-state index contributed by atoms with van der Waals surface area (Å²) < 4.78 is 28.5. The second-order valence-corrected chi connectivity index (χ2v) is 6.26. The lowest BCUT2D eigenvalue weighted by Gasteiger charge is -2.08. The molecule has 0 saturated carbocycles. The number of nitrogens with one attached hydrogen (secondary N) is 1. The van der Waals surface area contributed by atoms with Gasteiger partial charge in [0.2, 0.25) is 0 Å². The van der Waals surface area contributed by atoms with E-state index >= 15 is 0 Å². The summed E-state index contributed by atoms with van der Waals surface area (Å²) in [6.07, 6.45) is 1.32. The molecule has 112 valence electrons. The number of carboxylic acids is 1. The number of carboxylic acid groups (broad SMARTS) is 1. The Balaban J connectivity index is 2.41. The Kier molecular flexibility index (Phi) is 4.04. The van der Waals surface area contributed by atoms with Gasteiger partial charge in [0.15, 0.2) is 0 Å². The Morgan fingerprint density at radius 2 is 2.00 bits per heavy atom. The summed E-state index contributed by atoms with van der Waals surface area (Å²) >= 11 is 0. The van der Waals surface area contributed by atoms with Gasteiger partial charge in [-0.25, -0.2) is 13.2 Å². The molecule has 1 heterocycles. The highest BCUT2D eigenvalue weighted by atomic mass is 32.2. The van der Waals surface area contributed by atoms with Crippen LogP contribution in [0.1, 0.15) is 23.0 Å². The van der Waals surface area contributed by atoms with E-state index in [0.29, 0.717) is 12.2 Å². The van der Waals surface area contributed by atoms with E-state index in [0.717, 1.165) is 11.6 Å². The smallest absolute Gasteiger partial charge is 0.352 e. The molecule has 0 aliphatic rings. The van der Waals surface area contributed by atoms with Crippen LogP contribution >= 0.6 is 0 Å². The molecule has 2 N–H and O–H groups in total. The van der Waals surface area contributed by atoms with Gasteiger partial charge in [-0.15, -0.1) is 0 Å². The van der Waals surface area contributed by atoms with E-state index in [4.69, 9.17) is 5.11 Å². The summed E-state index contributed by atoms with van der Waals surface area (Å²) in [7, 11) is -3.82. The summed E-state index contributed by atoms with van der Waals surface area (Å²) in [5.41, 5.74) is 1.20. The topological polar surface area (TPSA) is 88.4 Å². The third-order valence-electron chi connectivity index (χ3n) is 3.13. The molecule has 0 saturated heterocycles. The van der Waals surface area contributed by atoms with Crippen molar-refractivity contribution in [1.82, 2.24) is 4.57 Å². The molecular weight excluding hydrogens is 292 g/mol. The average Bonchev–Trinajstić information content (AvgIpc) is 2.86. The molecule has 7 heteroatoms. The van der Waals surface area contributed by atoms with Crippen LogP contribution in [0.4, 0.5) is 5.69 Å².